The zero-order chi connectivity index (χ0) is 11.4. The highest BCUT2D eigenvalue weighted by atomic mass is 32.2. The first-order valence-corrected chi connectivity index (χ1v) is 7.31. The van der Waals surface area contributed by atoms with Crippen LogP contribution in [0.3, 0.4) is 0 Å². The molecule has 1 heterocycles. The SMILES string of the molecule is CCSc1ccc(-c2ncc(CC)s2)cc1. The van der Waals surface area contributed by atoms with E-state index in [1.54, 1.807) is 11.3 Å². The smallest absolute Gasteiger partial charge is 0.123 e. The summed E-state index contributed by atoms with van der Waals surface area (Å²) in [7, 11) is 0. The number of benzene rings is 1. The molecule has 3 heteroatoms. The molecule has 1 aromatic carbocycles. The van der Waals surface area contributed by atoms with Gasteiger partial charge in [0.15, 0.2) is 0 Å². The highest BCUT2D eigenvalue weighted by molar-refractivity contribution is 7.99. The Morgan fingerprint density at radius 3 is 2.50 bits per heavy atom. The second-order valence-corrected chi connectivity index (χ2v) is 5.90. The summed E-state index contributed by atoms with van der Waals surface area (Å²) in [6.45, 7) is 4.34. The van der Waals surface area contributed by atoms with E-state index in [1.807, 2.05) is 18.0 Å². The first-order valence-electron chi connectivity index (χ1n) is 5.51. The Kier molecular flexibility index (Phi) is 4.02. The van der Waals surface area contributed by atoms with Crippen molar-refractivity contribution in [1.29, 1.82) is 0 Å². The lowest BCUT2D eigenvalue weighted by molar-refractivity contribution is 1.17. The Balaban J connectivity index is 2.20. The number of thiazole rings is 1. The van der Waals surface area contributed by atoms with Crippen molar-refractivity contribution in [2.45, 2.75) is 25.2 Å². The molecule has 0 unspecified atom stereocenters. The molecule has 0 saturated heterocycles. The van der Waals surface area contributed by atoms with Gasteiger partial charge >= 0.3 is 0 Å². The van der Waals surface area contributed by atoms with E-state index in [0.29, 0.717) is 0 Å². The maximum absolute atomic E-state index is 4.44. The number of nitrogens with zero attached hydrogens (tertiary/aromatic N) is 1. The van der Waals surface area contributed by atoms with Crippen molar-refractivity contribution in [2.24, 2.45) is 0 Å². The fourth-order valence-electron chi connectivity index (χ4n) is 1.46. The van der Waals surface area contributed by atoms with Gasteiger partial charge in [0.05, 0.1) is 0 Å². The number of aryl methyl sites for hydroxylation is 1. The first-order chi connectivity index (χ1) is 7.83. The molecule has 0 bridgehead atoms. The third kappa shape index (κ3) is 2.66. The molecular formula is C13H15NS2. The molecule has 0 radical (unpaired) electrons. The molecule has 1 aromatic heterocycles. The van der Waals surface area contributed by atoms with E-state index in [4.69, 9.17) is 0 Å². The predicted octanol–water partition coefficient (Wildman–Crippen LogP) is 4.48. The monoisotopic (exact) mass is 249 g/mol. The van der Waals surface area contributed by atoms with Crippen LogP contribution in [0.15, 0.2) is 35.4 Å². The Morgan fingerprint density at radius 1 is 1.19 bits per heavy atom. The standard InChI is InChI=1S/C13H15NS2/c1-3-11-9-14-13(16-11)10-5-7-12(8-6-10)15-4-2/h5-9H,3-4H2,1-2H3. The van der Waals surface area contributed by atoms with Gasteiger partial charge in [-0.1, -0.05) is 26.0 Å². The average molecular weight is 249 g/mol. The molecule has 2 rings (SSSR count). The zero-order valence-electron chi connectivity index (χ0n) is 9.56. The van der Waals surface area contributed by atoms with E-state index >= 15 is 0 Å². The number of aromatic nitrogens is 1. The second kappa shape index (κ2) is 5.51. The third-order valence-corrected chi connectivity index (χ3v) is 4.40. The van der Waals surface area contributed by atoms with Gasteiger partial charge in [-0.2, -0.15) is 0 Å². The van der Waals surface area contributed by atoms with Crippen molar-refractivity contribution in [3.8, 4) is 10.6 Å². The maximum Gasteiger partial charge on any atom is 0.123 e. The van der Waals surface area contributed by atoms with Gasteiger partial charge in [-0.15, -0.1) is 23.1 Å². The Morgan fingerprint density at radius 2 is 1.94 bits per heavy atom. The van der Waals surface area contributed by atoms with Crippen molar-refractivity contribution < 1.29 is 0 Å². The van der Waals surface area contributed by atoms with Gasteiger partial charge in [0, 0.05) is 21.5 Å². The van der Waals surface area contributed by atoms with Gasteiger partial charge in [-0.25, -0.2) is 4.98 Å². The van der Waals surface area contributed by atoms with E-state index in [-0.39, 0.29) is 0 Å². The van der Waals surface area contributed by atoms with Crippen molar-refractivity contribution in [2.75, 3.05) is 5.75 Å². The van der Waals surface area contributed by atoms with Gasteiger partial charge < -0.3 is 0 Å². The molecule has 0 aliphatic rings. The lowest BCUT2D eigenvalue weighted by Crippen LogP contribution is -1.76. The summed E-state index contributed by atoms with van der Waals surface area (Å²) in [5.41, 5.74) is 1.23. The Labute approximate surface area is 105 Å². The van der Waals surface area contributed by atoms with Crippen LogP contribution in [0.2, 0.25) is 0 Å². The molecule has 2 aromatic rings. The minimum atomic E-state index is 1.07. The molecule has 0 spiro atoms. The van der Waals surface area contributed by atoms with Crippen molar-refractivity contribution in [3.05, 3.63) is 35.3 Å². The van der Waals surface area contributed by atoms with Crippen LogP contribution in [-0.2, 0) is 6.42 Å². The van der Waals surface area contributed by atoms with Crippen molar-refractivity contribution in [1.82, 2.24) is 4.98 Å². The van der Waals surface area contributed by atoms with E-state index in [9.17, 15) is 0 Å². The minimum Gasteiger partial charge on any atom is -0.244 e. The third-order valence-electron chi connectivity index (χ3n) is 2.31. The summed E-state index contributed by atoms with van der Waals surface area (Å²) < 4.78 is 0. The zero-order valence-corrected chi connectivity index (χ0v) is 11.2. The van der Waals surface area contributed by atoms with Gasteiger partial charge in [0.2, 0.25) is 0 Å². The summed E-state index contributed by atoms with van der Waals surface area (Å²) in [5.74, 6) is 1.12. The lowest BCUT2D eigenvalue weighted by atomic mass is 10.2. The van der Waals surface area contributed by atoms with E-state index in [2.05, 4.69) is 43.1 Å². The average Bonchev–Trinajstić information content (AvgIpc) is 2.79. The summed E-state index contributed by atoms with van der Waals surface area (Å²) in [5, 5.41) is 1.13. The summed E-state index contributed by atoms with van der Waals surface area (Å²) in [6.07, 6.45) is 3.05. The molecule has 0 fully saturated rings. The molecular weight excluding hydrogens is 234 g/mol. The molecule has 0 amide bonds. The minimum absolute atomic E-state index is 1.07. The first kappa shape index (κ1) is 11.7. The van der Waals surface area contributed by atoms with Crippen LogP contribution >= 0.6 is 23.1 Å². The van der Waals surface area contributed by atoms with Crippen LogP contribution in [0.25, 0.3) is 10.6 Å². The topological polar surface area (TPSA) is 12.9 Å². The van der Waals surface area contributed by atoms with Crippen LogP contribution < -0.4 is 0 Å². The van der Waals surface area contributed by atoms with E-state index in [0.717, 1.165) is 17.2 Å². The number of thioether (sulfide) groups is 1. The Hall–Kier alpha value is -0.800. The summed E-state index contributed by atoms with van der Waals surface area (Å²) in [4.78, 5) is 7.13. The quantitative estimate of drug-likeness (QED) is 0.741. The molecule has 0 atom stereocenters. The van der Waals surface area contributed by atoms with Gasteiger partial charge in [0.1, 0.15) is 5.01 Å². The van der Waals surface area contributed by atoms with Crippen molar-refractivity contribution in [3.63, 3.8) is 0 Å². The van der Waals surface area contributed by atoms with Crippen LogP contribution in [0.5, 0.6) is 0 Å². The summed E-state index contributed by atoms with van der Waals surface area (Å²) >= 11 is 3.66. The molecule has 0 N–H and O–H groups in total. The van der Waals surface area contributed by atoms with E-state index < -0.39 is 0 Å². The van der Waals surface area contributed by atoms with Gasteiger partial charge in [-0.3, -0.25) is 0 Å². The Bertz CT molecular complexity index is 445. The van der Waals surface area contributed by atoms with Crippen LogP contribution in [0.4, 0.5) is 0 Å². The van der Waals surface area contributed by atoms with Crippen LogP contribution in [-0.4, -0.2) is 10.7 Å². The number of hydrogen-bond acceptors (Lipinski definition) is 3. The molecule has 1 nitrogen and oxygen atoms in total. The second-order valence-electron chi connectivity index (χ2n) is 3.44. The van der Waals surface area contributed by atoms with Crippen LogP contribution in [0.1, 0.15) is 18.7 Å². The van der Waals surface area contributed by atoms with Gasteiger partial charge in [-0.05, 0) is 24.3 Å². The number of hydrogen-bond donors (Lipinski definition) is 0. The molecule has 0 aliphatic heterocycles. The highest BCUT2D eigenvalue weighted by Crippen LogP contribution is 2.27. The fraction of sp³-hybridized carbons (Fsp3) is 0.308. The summed E-state index contributed by atoms with van der Waals surface area (Å²) in [6, 6.07) is 8.68. The molecule has 0 aliphatic carbocycles. The lowest BCUT2D eigenvalue weighted by Gasteiger charge is -1.99. The van der Waals surface area contributed by atoms with Gasteiger partial charge in [0.25, 0.3) is 0 Å². The van der Waals surface area contributed by atoms with Crippen LogP contribution in [0, 0.1) is 0 Å². The largest absolute Gasteiger partial charge is 0.244 e. The fourth-order valence-corrected chi connectivity index (χ4v) is 2.98. The molecule has 16 heavy (non-hydrogen) atoms. The predicted molar refractivity (Wildman–Crippen MR) is 73.3 cm³/mol. The highest BCUT2D eigenvalue weighted by Gasteiger charge is 2.03. The van der Waals surface area contributed by atoms with Crippen molar-refractivity contribution >= 4 is 23.1 Å². The normalized spacial score (nSPS) is 10.6. The molecule has 84 valence electrons. The van der Waals surface area contributed by atoms with E-state index in [1.165, 1.54) is 15.3 Å². The maximum atomic E-state index is 4.44. The molecule has 0 saturated carbocycles. The number of rotatable bonds is 4.